The van der Waals surface area contributed by atoms with Crippen molar-refractivity contribution in [3.8, 4) is 0 Å². The molecular formula is C21H24Cl3N5O. The number of nitrogens with one attached hydrogen (secondary N) is 1. The lowest BCUT2D eigenvalue weighted by atomic mass is 10.1. The maximum absolute atomic E-state index is 12.8. The van der Waals surface area contributed by atoms with E-state index >= 15 is 0 Å². The zero-order chi connectivity index (χ0) is 22.2. The van der Waals surface area contributed by atoms with Crippen LogP contribution in [-0.4, -0.2) is 25.5 Å². The minimum Gasteiger partial charge on any atom is -0.323 e. The number of rotatable bonds is 6. The van der Waals surface area contributed by atoms with Crippen molar-refractivity contribution in [1.82, 2.24) is 19.6 Å². The van der Waals surface area contributed by atoms with Crippen LogP contribution in [0.4, 0.5) is 5.69 Å². The highest BCUT2D eigenvalue weighted by Gasteiger charge is 2.21. The van der Waals surface area contributed by atoms with Crippen LogP contribution in [0, 0.1) is 33.6 Å². The summed E-state index contributed by atoms with van der Waals surface area (Å²) in [6.45, 7) is 10.3. The van der Waals surface area contributed by atoms with Crippen LogP contribution >= 0.6 is 34.8 Å². The van der Waals surface area contributed by atoms with Crippen LogP contribution in [0.25, 0.3) is 0 Å². The van der Waals surface area contributed by atoms with E-state index in [9.17, 15) is 4.79 Å². The molecule has 160 valence electrons. The lowest BCUT2D eigenvalue weighted by molar-refractivity contribution is -0.119. The van der Waals surface area contributed by atoms with E-state index < -0.39 is 0 Å². The maximum atomic E-state index is 12.8. The molecule has 30 heavy (non-hydrogen) atoms. The van der Waals surface area contributed by atoms with Gasteiger partial charge in [-0.1, -0.05) is 47.8 Å². The fourth-order valence-corrected chi connectivity index (χ4v) is 3.89. The van der Waals surface area contributed by atoms with Crippen molar-refractivity contribution in [3.05, 3.63) is 61.6 Å². The molecule has 0 fully saturated rings. The third kappa shape index (κ3) is 4.66. The van der Waals surface area contributed by atoms with E-state index in [1.165, 1.54) is 0 Å². The maximum Gasteiger partial charge on any atom is 0.229 e. The van der Waals surface area contributed by atoms with Crippen molar-refractivity contribution in [2.75, 3.05) is 5.32 Å². The number of carbonyl (C=O) groups excluding carboxylic acids is 1. The van der Waals surface area contributed by atoms with Gasteiger partial charge in [0.25, 0.3) is 0 Å². The van der Waals surface area contributed by atoms with Gasteiger partial charge in [0, 0.05) is 10.0 Å². The molecule has 1 aromatic carbocycles. The minimum atomic E-state index is -0.299. The zero-order valence-corrected chi connectivity index (χ0v) is 19.8. The van der Waals surface area contributed by atoms with Crippen LogP contribution in [-0.2, 0) is 17.9 Å². The molecule has 1 N–H and O–H groups in total. The van der Waals surface area contributed by atoms with Crippen LogP contribution in [0.3, 0.4) is 0 Å². The molecule has 2 heterocycles. The quantitative estimate of drug-likeness (QED) is 0.512. The first-order chi connectivity index (χ1) is 14.1. The van der Waals surface area contributed by atoms with Crippen molar-refractivity contribution in [2.24, 2.45) is 5.92 Å². The van der Waals surface area contributed by atoms with Gasteiger partial charge in [0.15, 0.2) is 0 Å². The number of halogens is 3. The van der Waals surface area contributed by atoms with Gasteiger partial charge in [-0.15, -0.1) is 0 Å². The number of anilines is 1. The van der Waals surface area contributed by atoms with Gasteiger partial charge in [-0.2, -0.15) is 10.2 Å². The summed E-state index contributed by atoms with van der Waals surface area (Å²) in [5.74, 6) is -0.402. The molecule has 0 saturated heterocycles. The highest BCUT2D eigenvalue weighted by molar-refractivity contribution is 6.35. The molecule has 1 atom stereocenters. The monoisotopic (exact) mass is 467 g/mol. The Morgan fingerprint density at radius 1 is 1.03 bits per heavy atom. The summed E-state index contributed by atoms with van der Waals surface area (Å²) in [6, 6.07) is 5.38. The summed E-state index contributed by atoms with van der Waals surface area (Å²) in [7, 11) is 0. The van der Waals surface area contributed by atoms with Crippen molar-refractivity contribution in [1.29, 1.82) is 0 Å². The molecule has 6 nitrogen and oxygen atoms in total. The van der Waals surface area contributed by atoms with Crippen LogP contribution in [0.5, 0.6) is 0 Å². The van der Waals surface area contributed by atoms with Crippen LogP contribution in [0.2, 0.25) is 15.1 Å². The second-order valence-corrected chi connectivity index (χ2v) is 8.72. The number of hydrogen-bond acceptors (Lipinski definition) is 3. The molecule has 0 saturated carbocycles. The summed E-state index contributed by atoms with van der Waals surface area (Å²) in [5, 5.41) is 13.8. The van der Waals surface area contributed by atoms with Crippen LogP contribution < -0.4 is 5.32 Å². The second-order valence-electron chi connectivity index (χ2n) is 7.50. The van der Waals surface area contributed by atoms with Gasteiger partial charge in [0.1, 0.15) is 0 Å². The van der Waals surface area contributed by atoms with E-state index in [-0.39, 0.29) is 11.8 Å². The lowest BCUT2D eigenvalue weighted by Crippen LogP contribution is -2.25. The average Bonchev–Trinajstić information content (AvgIpc) is 3.08. The lowest BCUT2D eigenvalue weighted by Gasteiger charge is -2.14. The van der Waals surface area contributed by atoms with Crippen molar-refractivity contribution >= 4 is 46.4 Å². The summed E-state index contributed by atoms with van der Waals surface area (Å²) in [6.07, 6.45) is 0. The van der Waals surface area contributed by atoms with E-state index in [1.807, 2.05) is 45.4 Å². The van der Waals surface area contributed by atoms with Gasteiger partial charge in [0.05, 0.1) is 52.5 Å². The molecule has 0 radical (unpaired) electrons. The molecule has 0 bridgehead atoms. The van der Waals surface area contributed by atoms with Gasteiger partial charge in [0.2, 0.25) is 5.91 Å². The summed E-state index contributed by atoms with van der Waals surface area (Å²) in [4.78, 5) is 12.8. The molecule has 0 aliphatic carbocycles. The van der Waals surface area contributed by atoms with E-state index in [1.54, 1.807) is 16.8 Å². The molecule has 1 unspecified atom stereocenters. The van der Waals surface area contributed by atoms with Gasteiger partial charge < -0.3 is 5.32 Å². The molecule has 0 aliphatic rings. The third-order valence-corrected chi connectivity index (χ3v) is 6.29. The van der Waals surface area contributed by atoms with E-state index in [4.69, 9.17) is 34.8 Å². The number of aromatic nitrogens is 4. The Morgan fingerprint density at radius 2 is 1.70 bits per heavy atom. The second kappa shape index (κ2) is 9.00. The molecule has 3 rings (SSSR count). The Kier molecular flexibility index (Phi) is 6.80. The number of nitrogens with zero attached hydrogens (tertiary/aromatic N) is 4. The summed E-state index contributed by atoms with van der Waals surface area (Å²) >= 11 is 18.5. The first kappa shape index (κ1) is 22.7. The molecular weight excluding hydrogens is 445 g/mol. The highest BCUT2D eigenvalue weighted by Crippen LogP contribution is 2.26. The van der Waals surface area contributed by atoms with Gasteiger partial charge in [-0.25, -0.2) is 0 Å². The normalized spacial score (nSPS) is 12.3. The number of hydrogen-bond donors (Lipinski definition) is 1. The van der Waals surface area contributed by atoms with E-state index in [0.717, 1.165) is 28.3 Å². The Morgan fingerprint density at radius 3 is 2.30 bits per heavy atom. The van der Waals surface area contributed by atoms with Gasteiger partial charge in [-0.05, 0) is 45.4 Å². The predicted molar refractivity (Wildman–Crippen MR) is 122 cm³/mol. The van der Waals surface area contributed by atoms with Crippen LogP contribution in [0.15, 0.2) is 18.2 Å². The van der Waals surface area contributed by atoms with Gasteiger partial charge in [-0.3, -0.25) is 14.2 Å². The molecule has 9 heteroatoms. The smallest absolute Gasteiger partial charge is 0.229 e. The fourth-order valence-electron chi connectivity index (χ4n) is 3.28. The Bertz CT molecular complexity index is 1100. The molecule has 0 aliphatic heterocycles. The summed E-state index contributed by atoms with van der Waals surface area (Å²) < 4.78 is 3.60. The summed E-state index contributed by atoms with van der Waals surface area (Å²) in [5.41, 5.74) is 4.83. The van der Waals surface area contributed by atoms with E-state index in [0.29, 0.717) is 33.8 Å². The Balaban J connectivity index is 1.74. The molecule has 1 amide bonds. The Hall–Kier alpha value is -2.02. The zero-order valence-electron chi connectivity index (χ0n) is 17.6. The number of benzene rings is 1. The minimum absolute atomic E-state index is 0.103. The predicted octanol–water partition coefficient (Wildman–Crippen LogP) is 5.60. The Labute approximate surface area is 191 Å². The first-order valence-electron chi connectivity index (χ1n) is 9.56. The molecule has 0 spiro atoms. The highest BCUT2D eigenvalue weighted by atomic mass is 35.5. The van der Waals surface area contributed by atoms with Crippen molar-refractivity contribution < 1.29 is 4.79 Å². The van der Waals surface area contributed by atoms with Crippen molar-refractivity contribution in [3.63, 3.8) is 0 Å². The van der Waals surface area contributed by atoms with Gasteiger partial charge >= 0.3 is 0 Å². The number of aryl methyl sites for hydroxylation is 2. The molecule has 2 aromatic heterocycles. The topological polar surface area (TPSA) is 64.7 Å². The largest absolute Gasteiger partial charge is 0.323 e. The molecule has 3 aromatic rings. The van der Waals surface area contributed by atoms with Crippen molar-refractivity contribution in [2.45, 2.75) is 47.7 Å². The standard InChI is InChI=1S/C21H24Cl3N5O/c1-11(9-28-14(4)19(24)12(2)26-28)21(30)25-20-13(3)27-29(15(20)5)10-16-6-7-17(22)8-18(16)23/h6-8,11H,9-10H2,1-5H3,(H,25,30). The SMILES string of the molecule is Cc1nn(CC(C)C(=O)Nc2c(C)nn(Cc3ccc(Cl)cc3Cl)c2C)c(C)c1Cl. The van der Waals surface area contributed by atoms with E-state index in [2.05, 4.69) is 15.5 Å². The van der Waals surface area contributed by atoms with Crippen LogP contribution in [0.1, 0.15) is 35.3 Å². The number of carbonyl (C=O) groups is 1. The average molecular weight is 469 g/mol. The fraction of sp³-hybridized carbons (Fsp3) is 0.381. The first-order valence-corrected chi connectivity index (χ1v) is 10.7. The number of amides is 1. The third-order valence-electron chi connectivity index (χ3n) is 5.15.